The van der Waals surface area contributed by atoms with Crippen LogP contribution in [0.15, 0.2) is 30.5 Å². The van der Waals surface area contributed by atoms with Crippen molar-refractivity contribution in [2.45, 2.75) is 44.2 Å². The third kappa shape index (κ3) is 3.20. The number of benzene rings is 1. The van der Waals surface area contributed by atoms with Crippen LogP contribution in [0.1, 0.15) is 43.7 Å². The molecule has 0 aliphatic heterocycles. The molecule has 0 spiro atoms. The highest BCUT2D eigenvalue weighted by Crippen LogP contribution is 2.29. The minimum atomic E-state index is -0.0808. The number of aliphatic hydroxyl groups excluding tert-OH is 1. The molecule has 0 amide bonds. The van der Waals surface area contributed by atoms with Gasteiger partial charge in [0.25, 0.3) is 0 Å². The van der Waals surface area contributed by atoms with E-state index in [9.17, 15) is 5.11 Å². The number of aromatic nitrogens is 1. The second-order valence-electron chi connectivity index (χ2n) is 5.77. The summed E-state index contributed by atoms with van der Waals surface area (Å²) in [6, 6.07) is 8.15. The Hall–Kier alpha value is -1.16. The number of hydrogen-bond acceptors (Lipinski definition) is 3. The van der Waals surface area contributed by atoms with E-state index in [0.717, 1.165) is 16.5 Å². The van der Waals surface area contributed by atoms with Crippen LogP contribution < -0.4 is 5.32 Å². The van der Waals surface area contributed by atoms with Crippen LogP contribution in [0.5, 0.6) is 0 Å². The maximum atomic E-state index is 9.82. The van der Waals surface area contributed by atoms with E-state index in [1.807, 2.05) is 24.3 Å². The summed E-state index contributed by atoms with van der Waals surface area (Å²) < 4.78 is 0. The van der Waals surface area contributed by atoms with Gasteiger partial charge in [-0.3, -0.25) is 4.98 Å². The molecule has 1 unspecified atom stereocenters. The van der Waals surface area contributed by atoms with Crippen molar-refractivity contribution in [2.75, 3.05) is 6.61 Å². The molecule has 0 saturated heterocycles. The van der Waals surface area contributed by atoms with Gasteiger partial charge in [-0.05, 0) is 36.6 Å². The topological polar surface area (TPSA) is 45.1 Å². The average molecular weight is 305 g/mol. The van der Waals surface area contributed by atoms with Gasteiger partial charge in [-0.2, -0.15) is 0 Å². The Kier molecular flexibility index (Phi) is 4.73. The smallest absolute Gasteiger partial charge is 0.0765 e. The predicted octanol–water partition coefficient (Wildman–Crippen LogP) is 3.84. The van der Waals surface area contributed by atoms with Crippen LogP contribution in [0.4, 0.5) is 0 Å². The first-order chi connectivity index (χ1) is 10.3. The number of aliphatic hydroxyl groups is 1. The van der Waals surface area contributed by atoms with Gasteiger partial charge in [0.05, 0.1) is 18.2 Å². The van der Waals surface area contributed by atoms with Crippen molar-refractivity contribution in [3.05, 3.63) is 41.0 Å². The summed E-state index contributed by atoms with van der Waals surface area (Å²) in [6.45, 7) is 0.0732. The molecule has 2 aromatic rings. The van der Waals surface area contributed by atoms with Crippen LogP contribution >= 0.6 is 11.6 Å². The Labute approximate surface area is 130 Å². The third-order valence-electron chi connectivity index (χ3n) is 4.35. The molecule has 4 heteroatoms. The standard InChI is InChI=1S/C17H21ClN2O/c18-15-9-8-14(17-13(15)7-4-10-19-17)16(11-21)20-12-5-2-1-3-6-12/h4,7-10,12,16,20-21H,1-3,5-6,11H2. The highest BCUT2D eigenvalue weighted by Gasteiger charge is 2.21. The molecule has 3 rings (SSSR count). The minimum Gasteiger partial charge on any atom is -0.394 e. The zero-order chi connectivity index (χ0) is 14.7. The van der Waals surface area contributed by atoms with Crippen LogP contribution in [0.25, 0.3) is 10.9 Å². The second-order valence-corrected chi connectivity index (χ2v) is 6.18. The van der Waals surface area contributed by atoms with Gasteiger partial charge >= 0.3 is 0 Å². The van der Waals surface area contributed by atoms with Crippen molar-refractivity contribution < 1.29 is 5.11 Å². The van der Waals surface area contributed by atoms with Gasteiger partial charge in [0, 0.05) is 22.6 Å². The Bertz CT molecular complexity index is 611. The molecule has 1 heterocycles. The molecular formula is C17H21ClN2O. The first-order valence-corrected chi connectivity index (χ1v) is 8.07. The lowest BCUT2D eigenvalue weighted by molar-refractivity contribution is 0.221. The molecule has 0 bridgehead atoms. The Balaban J connectivity index is 1.91. The molecule has 1 saturated carbocycles. The van der Waals surface area contributed by atoms with Crippen molar-refractivity contribution in [3.8, 4) is 0 Å². The first kappa shape index (κ1) is 14.8. The molecule has 1 aromatic carbocycles. The molecule has 1 atom stereocenters. The summed E-state index contributed by atoms with van der Waals surface area (Å²) in [6.07, 6.45) is 8.03. The fraction of sp³-hybridized carbons (Fsp3) is 0.471. The maximum Gasteiger partial charge on any atom is 0.0765 e. The molecule has 1 aliphatic carbocycles. The molecule has 2 N–H and O–H groups in total. The van der Waals surface area contributed by atoms with Gasteiger partial charge in [0.15, 0.2) is 0 Å². The summed E-state index contributed by atoms with van der Waals surface area (Å²) in [4.78, 5) is 4.47. The summed E-state index contributed by atoms with van der Waals surface area (Å²) in [7, 11) is 0. The monoisotopic (exact) mass is 304 g/mol. The van der Waals surface area contributed by atoms with Crippen molar-refractivity contribution >= 4 is 22.5 Å². The van der Waals surface area contributed by atoms with Crippen molar-refractivity contribution in [1.82, 2.24) is 10.3 Å². The van der Waals surface area contributed by atoms with Crippen molar-refractivity contribution in [3.63, 3.8) is 0 Å². The van der Waals surface area contributed by atoms with E-state index in [1.165, 1.54) is 32.1 Å². The number of nitrogens with one attached hydrogen (secondary N) is 1. The Morgan fingerprint density at radius 2 is 2.05 bits per heavy atom. The SMILES string of the molecule is OCC(NC1CCCCC1)c1ccc(Cl)c2cccnc12. The molecular weight excluding hydrogens is 284 g/mol. The average Bonchev–Trinajstić information content (AvgIpc) is 2.55. The van der Waals surface area contributed by atoms with Crippen LogP contribution in [-0.2, 0) is 0 Å². The van der Waals surface area contributed by atoms with E-state index in [1.54, 1.807) is 6.20 Å². The van der Waals surface area contributed by atoms with Crippen LogP contribution in [0.3, 0.4) is 0 Å². The largest absolute Gasteiger partial charge is 0.394 e. The zero-order valence-corrected chi connectivity index (χ0v) is 12.8. The lowest BCUT2D eigenvalue weighted by atomic mass is 9.93. The molecule has 1 fully saturated rings. The van der Waals surface area contributed by atoms with E-state index >= 15 is 0 Å². The molecule has 112 valence electrons. The van der Waals surface area contributed by atoms with E-state index in [0.29, 0.717) is 11.1 Å². The van der Waals surface area contributed by atoms with Gasteiger partial charge in [-0.15, -0.1) is 0 Å². The summed E-state index contributed by atoms with van der Waals surface area (Å²) in [5, 5.41) is 15.1. The first-order valence-electron chi connectivity index (χ1n) is 7.69. The molecule has 3 nitrogen and oxygen atoms in total. The number of fused-ring (bicyclic) bond motifs is 1. The van der Waals surface area contributed by atoms with Crippen molar-refractivity contribution in [2.24, 2.45) is 0 Å². The summed E-state index contributed by atoms with van der Waals surface area (Å²) >= 11 is 6.25. The Morgan fingerprint density at radius 3 is 2.81 bits per heavy atom. The van der Waals surface area contributed by atoms with E-state index in [2.05, 4.69) is 10.3 Å². The van der Waals surface area contributed by atoms with E-state index in [-0.39, 0.29) is 12.6 Å². The van der Waals surface area contributed by atoms with Gasteiger partial charge in [0.2, 0.25) is 0 Å². The lowest BCUT2D eigenvalue weighted by Crippen LogP contribution is -2.36. The number of pyridine rings is 1. The van der Waals surface area contributed by atoms with Crippen molar-refractivity contribution in [1.29, 1.82) is 0 Å². The van der Waals surface area contributed by atoms with Crippen LogP contribution in [0.2, 0.25) is 5.02 Å². The summed E-state index contributed by atoms with van der Waals surface area (Å²) in [5.41, 5.74) is 1.91. The normalized spacial score (nSPS) is 18.0. The number of rotatable bonds is 4. The highest BCUT2D eigenvalue weighted by atomic mass is 35.5. The third-order valence-corrected chi connectivity index (χ3v) is 4.68. The zero-order valence-electron chi connectivity index (χ0n) is 12.1. The number of hydrogen-bond donors (Lipinski definition) is 2. The van der Waals surface area contributed by atoms with E-state index in [4.69, 9.17) is 11.6 Å². The fourth-order valence-electron chi connectivity index (χ4n) is 3.24. The predicted molar refractivity (Wildman–Crippen MR) is 86.6 cm³/mol. The van der Waals surface area contributed by atoms with Crippen LogP contribution in [-0.4, -0.2) is 22.7 Å². The van der Waals surface area contributed by atoms with E-state index < -0.39 is 0 Å². The number of nitrogens with zero attached hydrogens (tertiary/aromatic N) is 1. The van der Waals surface area contributed by atoms with Gasteiger partial charge in [-0.25, -0.2) is 0 Å². The molecule has 0 radical (unpaired) electrons. The summed E-state index contributed by atoms with van der Waals surface area (Å²) in [5.74, 6) is 0. The van der Waals surface area contributed by atoms with Gasteiger partial charge < -0.3 is 10.4 Å². The quantitative estimate of drug-likeness (QED) is 0.902. The van der Waals surface area contributed by atoms with Crippen LogP contribution in [0, 0.1) is 0 Å². The molecule has 21 heavy (non-hydrogen) atoms. The second kappa shape index (κ2) is 6.73. The Morgan fingerprint density at radius 1 is 1.24 bits per heavy atom. The maximum absolute atomic E-state index is 9.82. The molecule has 1 aromatic heterocycles. The fourth-order valence-corrected chi connectivity index (χ4v) is 3.45. The highest BCUT2D eigenvalue weighted by molar-refractivity contribution is 6.35. The minimum absolute atomic E-state index is 0.0732. The lowest BCUT2D eigenvalue weighted by Gasteiger charge is -2.28. The molecule has 1 aliphatic rings. The van der Waals surface area contributed by atoms with Gasteiger partial charge in [-0.1, -0.05) is 36.9 Å². The van der Waals surface area contributed by atoms with Gasteiger partial charge in [0.1, 0.15) is 0 Å². The number of halogens is 1.